The average Bonchev–Trinajstić information content (AvgIpc) is 2.48. The van der Waals surface area contributed by atoms with Crippen LogP contribution in [0.2, 0.25) is 0 Å². The van der Waals surface area contributed by atoms with Gasteiger partial charge in [0.15, 0.2) is 0 Å². The molecule has 0 aromatic rings. The number of esters is 1. The third-order valence-electron chi connectivity index (χ3n) is 4.14. The standard InChI is InChI=1S/C16H30N2O3/c1-4-17(13-16(20)21-6-3)12-15(19)18(5-2)14-10-8-7-9-11-14/h14H,4-13H2,1-3H3. The maximum absolute atomic E-state index is 12.5. The van der Waals surface area contributed by atoms with Gasteiger partial charge in [0.05, 0.1) is 19.7 Å². The molecule has 0 bridgehead atoms. The second-order valence-electron chi connectivity index (χ2n) is 5.58. The molecule has 1 fully saturated rings. The van der Waals surface area contributed by atoms with E-state index in [1.807, 2.05) is 23.6 Å². The predicted molar refractivity (Wildman–Crippen MR) is 83.0 cm³/mol. The Hall–Kier alpha value is -1.10. The Balaban J connectivity index is 2.52. The molecule has 0 aliphatic heterocycles. The van der Waals surface area contributed by atoms with E-state index in [0.29, 0.717) is 25.7 Å². The Labute approximate surface area is 128 Å². The van der Waals surface area contributed by atoms with Crippen molar-refractivity contribution in [1.82, 2.24) is 9.80 Å². The number of nitrogens with zero attached hydrogens (tertiary/aromatic N) is 2. The lowest BCUT2D eigenvalue weighted by Gasteiger charge is -2.35. The summed E-state index contributed by atoms with van der Waals surface area (Å²) >= 11 is 0. The molecule has 122 valence electrons. The molecule has 0 spiro atoms. The molecule has 0 N–H and O–H groups in total. The molecule has 1 amide bonds. The van der Waals surface area contributed by atoms with Crippen molar-refractivity contribution in [1.29, 1.82) is 0 Å². The van der Waals surface area contributed by atoms with E-state index in [0.717, 1.165) is 19.4 Å². The van der Waals surface area contributed by atoms with E-state index in [2.05, 4.69) is 0 Å². The average molecular weight is 298 g/mol. The fourth-order valence-corrected chi connectivity index (χ4v) is 2.98. The number of ether oxygens (including phenoxy) is 1. The molecule has 1 aliphatic carbocycles. The van der Waals surface area contributed by atoms with Gasteiger partial charge in [-0.05, 0) is 33.2 Å². The topological polar surface area (TPSA) is 49.9 Å². The van der Waals surface area contributed by atoms with Gasteiger partial charge >= 0.3 is 5.97 Å². The molecule has 5 nitrogen and oxygen atoms in total. The van der Waals surface area contributed by atoms with E-state index in [4.69, 9.17) is 4.74 Å². The Morgan fingerprint density at radius 3 is 2.19 bits per heavy atom. The van der Waals surface area contributed by atoms with Crippen LogP contribution in [0.5, 0.6) is 0 Å². The van der Waals surface area contributed by atoms with Crippen molar-refractivity contribution in [3.63, 3.8) is 0 Å². The highest BCUT2D eigenvalue weighted by Crippen LogP contribution is 2.22. The first-order valence-corrected chi connectivity index (χ1v) is 8.29. The van der Waals surface area contributed by atoms with Gasteiger partial charge in [0.25, 0.3) is 0 Å². The summed E-state index contributed by atoms with van der Waals surface area (Å²) in [5.74, 6) is -0.122. The van der Waals surface area contributed by atoms with Crippen LogP contribution in [-0.2, 0) is 14.3 Å². The number of amides is 1. The normalized spacial score (nSPS) is 16.0. The molecule has 0 heterocycles. The minimum atomic E-state index is -0.257. The highest BCUT2D eigenvalue weighted by Gasteiger charge is 2.25. The molecule has 1 rings (SSSR count). The summed E-state index contributed by atoms with van der Waals surface area (Å²) in [7, 11) is 0. The van der Waals surface area contributed by atoms with E-state index >= 15 is 0 Å². The second-order valence-corrected chi connectivity index (χ2v) is 5.58. The SMILES string of the molecule is CCOC(=O)CN(CC)CC(=O)N(CC)C1CCCCC1. The van der Waals surface area contributed by atoms with Crippen molar-refractivity contribution in [3.05, 3.63) is 0 Å². The molecule has 0 atom stereocenters. The molecular weight excluding hydrogens is 268 g/mol. The second kappa shape index (κ2) is 9.77. The lowest BCUT2D eigenvalue weighted by atomic mass is 9.94. The maximum Gasteiger partial charge on any atom is 0.320 e. The largest absolute Gasteiger partial charge is 0.465 e. The molecule has 0 aromatic carbocycles. The Bertz CT molecular complexity index is 327. The van der Waals surface area contributed by atoms with Crippen LogP contribution in [0, 0.1) is 0 Å². The molecule has 0 saturated heterocycles. The summed E-state index contributed by atoms with van der Waals surface area (Å²) < 4.78 is 4.95. The number of likely N-dealkylation sites (N-methyl/N-ethyl adjacent to an activating group) is 2. The summed E-state index contributed by atoms with van der Waals surface area (Å²) in [4.78, 5) is 27.9. The van der Waals surface area contributed by atoms with E-state index < -0.39 is 0 Å². The Kier molecular flexibility index (Phi) is 8.35. The van der Waals surface area contributed by atoms with Gasteiger partial charge in [-0.25, -0.2) is 0 Å². The molecule has 1 aliphatic rings. The van der Waals surface area contributed by atoms with Gasteiger partial charge in [0, 0.05) is 12.6 Å². The van der Waals surface area contributed by atoms with Crippen molar-refractivity contribution < 1.29 is 14.3 Å². The van der Waals surface area contributed by atoms with Gasteiger partial charge in [0.2, 0.25) is 5.91 Å². The third kappa shape index (κ3) is 6.04. The molecule has 5 heteroatoms. The van der Waals surface area contributed by atoms with Crippen molar-refractivity contribution in [3.8, 4) is 0 Å². The molecule has 21 heavy (non-hydrogen) atoms. The van der Waals surface area contributed by atoms with Crippen LogP contribution in [0.3, 0.4) is 0 Å². The van der Waals surface area contributed by atoms with Crippen molar-refractivity contribution in [2.24, 2.45) is 0 Å². The molecule has 1 saturated carbocycles. The van der Waals surface area contributed by atoms with Crippen molar-refractivity contribution in [2.45, 2.75) is 58.9 Å². The minimum Gasteiger partial charge on any atom is -0.465 e. The third-order valence-corrected chi connectivity index (χ3v) is 4.14. The van der Waals surface area contributed by atoms with Crippen molar-refractivity contribution >= 4 is 11.9 Å². The van der Waals surface area contributed by atoms with E-state index in [9.17, 15) is 9.59 Å². The van der Waals surface area contributed by atoms with Crippen LogP contribution in [0.4, 0.5) is 0 Å². The highest BCUT2D eigenvalue weighted by atomic mass is 16.5. The maximum atomic E-state index is 12.5. The summed E-state index contributed by atoms with van der Waals surface area (Å²) in [5, 5.41) is 0. The van der Waals surface area contributed by atoms with Crippen LogP contribution in [-0.4, -0.2) is 60.5 Å². The van der Waals surface area contributed by atoms with Crippen molar-refractivity contribution in [2.75, 3.05) is 32.8 Å². The van der Waals surface area contributed by atoms with Crippen LogP contribution < -0.4 is 0 Å². The number of hydrogen-bond donors (Lipinski definition) is 0. The molecule has 0 radical (unpaired) electrons. The monoisotopic (exact) mass is 298 g/mol. The summed E-state index contributed by atoms with van der Waals surface area (Å²) in [6.45, 7) is 8.09. The summed E-state index contributed by atoms with van der Waals surface area (Å²) in [6.07, 6.45) is 5.95. The lowest BCUT2D eigenvalue weighted by Crippen LogP contribution is -2.47. The van der Waals surface area contributed by atoms with Gasteiger partial charge in [-0.3, -0.25) is 14.5 Å². The minimum absolute atomic E-state index is 0.135. The first-order chi connectivity index (χ1) is 10.1. The van der Waals surface area contributed by atoms with Gasteiger partial charge in [-0.1, -0.05) is 26.2 Å². The quantitative estimate of drug-likeness (QED) is 0.644. The van der Waals surface area contributed by atoms with Crippen LogP contribution in [0.25, 0.3) is 0 Å². The number of rotatable bonds is 8. The molecule has 0 aromatic heterocycles. The Morgan fingerprint density at radius 2 is 1.67 bits per heavy atom. The molecule has 0 unspecified atom stereocenters. The number of carbonyl (C=O) groups excluding carboxylic acids is 2. The van der Waals surface area contributed by atoms with E-state index in [1.165, 1.54) is 19.3 Å². The van der Waals surface area contributed by atoms with Gasteiger partial charge in [0.1, 0.15) is 0 Å². The fourth-order valence-electron chi connectivity index (χ4n) is 2.98. The van der Waals surface area contributed by atoms with E-state index in [1.54, 1.807) is 6.92 Å². The van der Waals surface area contributed by atoms with Gasteiger partial charge < -0.3 is 9.64 Å². The van der Waals surface area contributed by atoms with Gasteiger partial charge in [-0.2, -0.15) is 0 Å². The zero-order chi connectivity index (χ0) is 15.7. The van der Waals surface area contributed by atoms with Crippen LogP contribution in [0.15, 0.2) is 0 Å². The molecular formula is C16H30N2O3. The van der Waals surface area contributed by atoms with E-state index in [-0.39, 0.29) is 18.4 Å². The smallest absolute Gasteiger partial charge is 0.320 e. The first-order valence-electron chi connectivity index (χ1n) is 8.29. The van der Waals surface area contributed by atoms with Crippen LogP contribution in [0.1, 0.15) is 52.9 Å². The fraction of sp³-hybridized carbons (Fsp3) is 0.875. The van der Waals surface area contributed by atoms with Crippen LogP contribution >= 0.6 is 0 Å². The highest BCUT2D eigenvalue weighted by molar-refractivity contribution is 5.79. The summed E-state index contributed by atoms with van der Waals surface area (Å²) in [5.41, 5.74) is 0. The zero-order valence-electron chi connectivity index (χ0n) is 13.8. The van der Waals surface area contributed by atoms with Gasteiger partial charge in [-0.15, -0.1) is 0 Å². The number of hydrogen-bond acceptors (Lipinski definition) is 4. The predicted octanol–water partition coefficient (Wildman–Crippen LogP) is 2.05. The number of carbonyl (C=O) groups is 2. The first kappa shape index (κ1) is 18.0. The zero-order valence-corrected chi connectivity index (χ0v) is 13.8. The Morgan fingerprint density at radius 1 is 1.00 bits per heavy atom. The summed E-state index contributed by atoms with van der Waals surface area (Å²) in [6, 6.07) is 0.387. The lowest BCUT2D eigenvalue weighted by molar-refractivity contribution is -0.145.